The van der Waals surface area contributed by atoms with Gasteiger partial charge in [0.2, 0.25) is 0 Å². The van der Waals surface area contributed by atoms with E-state index in [1.807, 2.05) is 68.4 Å². The van der Waals surface area contributed by atoms with Crippen molar-refractivity contribution in [1.29, 1.82) is 0 Å². The fourth-order valence-electron chi connectivity index (χ4n) is 2.57. The molecule has 2 aromatic carbocycles. The Morgan fingerprint density at radius 2 is 1.84 bits per heavy atom. The molecule has 1 amide bonds. The minimum Gasteiger partial charge on any atom is -0.491 e. The third-order valence-electron chi connectivity index (χ3n) is 3.72. The summed E-state index contributed by atoms with van der Waals surface area (Å²) in [6.45, 7) is 4.35. The fraction of sp³-hybridized carbons (Fsp3) is 0.200. The first-order chi connectivity index (χ1) is 12.1. The van der Waals surface area contributed by atoms with E-state index in [0.717, 1.165) is 16.9 Å². The van der Waals surface area contributed by atoms with Gasteiger partial charge in [-0.25, -0.2) is 0 Å². The van der Waals surface area contributed by atoms with Crippen molar-refractivity contribution in [3.05, 3.63) is 71.9 Å². The molecule has 0 aliphatic carbocycles. The molecule has 1 heterocycles. The Morgan fingerprint density at radius 3 is 2.60 bits per heavy atom. The third kappa shape index (κ3) is 4.07. The molecule has 0 unspecified atom stereocenters. The topological polar surface area (TPSA) is 67.0 Å². The highest BCUT2D eigenvalue weighted by molar-refractivity contribution is 5.99. The Hall–Kier alpha value is -3.08. The molecule has 2 N–H and O–H groups in total. The lowest BCUT2D eigenvalue weighted by Crippen LogP contribution is -2.23. The summed E-state index contributed by atoms with van der Waals surface area (Å²) >= 11 is 0. The zero-order valence-corrected chi connectivity index (χ0v) is 14.3. The predicted molar refractivity (Wildman–Crippen MR) is 97.4 cm³/mol. The van der Waals surface area contributed by atoms with Crippen LogP contribution in [0.15, 0.2) is 60.8 Å². The lowest BCUT2D eigenvalue weighted by atomic mass is 10.1. The molecule has 5 nitrogen and oxygen atoms in total. The van der Waals surface area contributed by atoms with Gasteiger partial charge < -0.3 is 10.1 Å². The van der Waals surface area contributed by atoms with Crippen LogP contribution in [0.1, 0.15) is 29.8 Å². The summed E-state index contributed by atoms with van der Waals surface area (Å²) in [5, 5.41) is 9.87. The molecule has 5 heteroatoms. The van der Waals surface area contributed by atoms with Crippen molar-refractivity contribution in [2.24, 2.45) is 0 Å². The van der Waals surface area contributed by atoms with Crippen LogP contribution >= 0.6 is 0 Å². The van der Waals surface area contributed by atoms with Crippen LogP contribution < -0.4 is 10.1 Å². The summed E-state index contributed by atoms with van der Waals surface area (Å²) in [7, 11) is 0. The number of nitrogens with one attached hydrogen (secondary N) is 2. The van der Waals surface area contributed by atoms with Crippen molar-refractivity contribution in [1.82, 2.24) is 15.5 Å². The predicted octanol–water partition coefficient (Wildman–Crippen LogP) is 3.79. The Morgan fingerprint density at radius 1 is 1.12 bits per heavy atom. The molecule has 0 bridgehead atoms. The second-order valence-corrected chi connectivity index (χ2v) is 5.98. The van der Waals surface area contributed by atoms with Crippen LogP contribution in [-0.4, -0.2) is 22.2 Å². The smallest absolute Gasteiger partial charge is 0.255 e. The van der Waals surface area contributed by atoms with Crippen LogP contribution in [0.25, 0.3) is 11.3 Å². The van der Waals surface area contributed by atoms with E-state index in [1.165, 1.54) is 0 Å². The number of hydrogen-bond acceptors (Lipinski definition) is 3. The number of hydrogen-bond donors (Lipinski definition) is 2. The van der Waals surface area contributed by atoms with Crippen LogP contribution in [0.3, 0.4) is 0 Å². The number of ether oxygens (including phenoxy) is 1. The minimum atomic E-state index is -0.174. The standard InChI is InChI=1S/C20H21N3O2/c1-14(2)25-18-11-7-6-10-16(18)12-21-20(24)17-13-22-23-19(17)15-8-4-3-5-9-15/h3-11,13-14H,12H2,1-2H3,(H,21,24)(H,22,23). The van der Waals surface area contributed by atoms with Gasteiger partial charge in [0, 0.05) is 17.7 Å². The molecule has 1 aromatic heterocycles. The maximum atomic E-state index is 12.6. The van der Waals surface area contributed by atoms with Gasteiger partial charge in [0.05, 0.1) is 23.6 Å². The van der Waals surface area contributed by atoms with Gasteiger partial charge in [-0.05, 0) is 19.9 Å². The van der Waals surface area contributed by atoms with E-state index in [0.29, 0.717) is 17.8 Å². The average Bonchev–Trinajstić information content (AvgIpc) is 3.11. The maximum Gasteiger partial charge on any atom is 0.255 e. The monoisotopic (exact) mass is 335 g/mol. The lowest BCUT2D eigenvalue weighted by Gasteiger charge is -2.14. The molecule has 0 atom stereocenters. The van der Waals surface area contributed by atoms with Gasteiger partial charge in [-0.1, -0.05) is 48.5 Å². The average molecular weight is 335 g/mol. The number of H-pyrrole nitrogens is 1. The largest absolute Gasteiger partial charge is 0.491 e. The molecule has 0 aliphatic heterocycles. The van der Waals surface area contributed by atoms with Gasteiger partial charge in [-0.3, -0.25) is 9.89 Å². The van der Waals surface area contributed by atoms with Crippen molar-refractivity contribution in [3.8, 4) is 17.0 Å². The normalized spacial score (nSPS) is 10.7. The minimum absolute atomic E-state index is 0.0791. The van der Waals surface area contributed by atoms with E-state index in [4.69, 9.17) is 4.74 Å². The molecule has 25 heavy (non-hydrogen) atoms. The van der Waals surface area contributed by atoms with E-state index in [9.17, 15) is 4.79 Å². The molecule has 0 fully saturated rings. The summed E-state index contributed by atoms with van der Waals surface area (Å²) in [5.74, 6) is 0.611. The highest BCUT2D eigenvalue weighted by Gasteiger charge is 2.15. The van der Waals surface area contributed by atoms with Gasteiger partial charge >= 0.3 is 0 Å². The number of aromatic amines is 1. The van der Waals surface area contributed by atoms with E-state index >= 15 is 0 Å². The zero-order chi connectivity index (χ0) is 17.6. The molecule has 0 saturated carbocycles. The van der Waals surface area contributed by atoms with E-state index in [-0.39, 0.29) is 12.0 Å². The summed E-state index contributed by atoms with van der Waals surface area (Å²) in [6.07, 6.45) is 1.63. The summed E-state index contributed by atoms with van der Waals surface area (Å²) in [6, 6.07) is 17.4. The summed E-state index contributed by atoms with van der Waals surface area (Å²) in [4.78, 5) is 12.6. The Bertz CT molecular complexity index is 841. The van der Waals surface area contributed by atoms with E-state index in [2.05, 4.69) is 15.5 Å². The van der Waals surface area contributed by atoms with Gasteiger partial charge in [0.25, 0.3) is 5.91 Å². The number of amides is 1. The molecule has 0 radical (unpaired) electrons. The Kier molecular flexibility index (Phi) is 5.14. The van der Waals surface area contributed by atoms with Crippen LogP contribution in [-0.2, 0) is 6.54 Å². The van der Waals surface area contributed by atoms with Gasteiger partial charge in [-0.15, -0.1) is 0 Å². The van der Waals surface area contributed by atoms with Gasteiger partial charge in [0.1, 0.15) is 5.75 Å². The van der Waals surface area contributed by atoms with Gasteiger partial charge in [-0.2, -0.15) is 5.10 Å². The number of para-hydroxylation sites is 1. The van der Waals surface area contributed by atoms with Crippen molar-refractivity contribution in [2.75, 3.05) is 0 Å². The quantitative estimate of drug-likeness (QED) is 0.720. The third-order valence-corrected chi connectivity index (χ3v) is 3.72. The molecule has 0 spiro atoms. The summed E-state index contributed by atoms with van der Waals surface area (Å²) in [5.41, 5.74) is 3.10. The Labute approximate surface area is 147 Å². The van der Waals surface area contributed by atoms with Crippen LogP contribution in [0.5, 0.6) is 5.75 Å². The molecule has 3 aromatic rings. The maximum absolute atomic E-state index is 12.6. The van der Waals surface area contributed by atoms with Gasteiger partial charge in [0.15, 0.2) is 0 Å². The fourth-order valence-corrected chi connectivity index (χ4v) is 2.57. The molecular formula is C20H21N3O2. The van der Waals surface area contributed by atoms with Crippen molar-refractivity contribution in [2.45, 2.75) is 26.5 Å². The number of rotatable bonds is 6. The SMILES string of the molecule is CC(C)Oc1ccccc1CNC(=O)c1cn[nH]c1-c1ccccc1. The molecule has 3 rings (SSSR count). The summed E-state index contributed by atoms with van der Waals surface area (Å²) < 4.78 is 5.79. The van der Waals surface area contributed by atoms with Crippen molar-refractivity contribution in [3.63, 3.8) is 0 Å². The number of aromatic nitrogens is 2. The van der Waals surface area contributed by atoms with E-state index in [1.54, 1.807) is 6.20 Å². The Balaban J connectivity index is 1.74. The van der Waals surface area contributed by atoms with Crippen molar-refractivity contribution < 1.29 is 9.53 Å². The van der Waals surface area contributed by atoms with E-state index < -0.39 is 0 Å². The zero-order valence-electron chi connectivity index (χ0n) is 14.3. The molecule has 0 saturated heterocycles. The van der Waals surface area contributed by atoms with Crippen LogP contribution in [0, 0.1) is 0 Å². The second-order valence-electron chi connectivity index (χ2n) is 5.98. The van der Waals surface area contributed by atoms with Crippen LogP contribution in [0.2, 0.25) is 0 Å². The second kappa shape index (κ2) is 7.66. The molecule has 0 aliphatic rings. The highest BCUT2D eigenvalue weighted by Crippen LogP contribution is 2.22. The first kappa shape index (κ1) is 16.8. The first-order valence-electron chi connectivity index (χ1n) is 8.26. The van der Waals surface area contributed by atoms with Crippen LogP contribution in [0.4, 0.5) is 0 Å². The highest BCUT2D eigenvalue weighted by atomic mass is 16.5. The number of benzene rings is 2. The number of carbonyl (C=O) groups excluding carboxylic acids is 1. The molecule has 128 valence electrons. The lowest BCUT2D eigenvalue weighted by molar-refractivity contribution is 0.0951. The van der Waals surface area contributed by atoms with Crippen molar-refractivity contribution >= 4 is 5.91 Å². The molecular weight excluding hydrogens is 314 g/mol. The number of nitrogens with zero attached hydrogens (tertiary/aromatic N) is 1. The first-order valence-corrected chi connectivity index (χ1v) is 8.26. The number of carbonyl (C=O) groups is 1.